The largest absolute Gasteiger partial charge is 0.497 e. The number of para-hydroxylation sites is 3. The zero-order chi connectivity index (χ0) is 89.6. The summed E-state index contributed by atoms with van der Waals surface area (Å²) in [6, 6.07) is 65.7. The van der Waals surface area contributed by atoms with E-state index in [1.54, 1.807) is 154 Å². The van der Waals surface area contributed by atoms with Gasteiger partial charge in [-0.15, -0.1) is 0 Å². The number of aromatic nitrogens is 12. The molecule has 2 saturated carbocycles. The van der Waals surface area contributed by atoms with Crippen molar-refractivity contribution in [1.82, 2.24) is 67.1 Å². The highest BCUT2D eigenvalue weighted by Crippen LogP contribution is 2.35. The third kappa shape index (κ3) is 21.4. The molecule has 34 heteroatoms. The molecule has 127 heavy (non-hydrogen) atoms. The fraction of sp³-hybridized carbons (Fsp3) is 0.183. The molecule has 648 valence electrons. The van der Waals surface area contributed by atoms with Crippen molar-refractivity contribution in [3.8, 4) is 85.9 Å². The molecule has 2 fully saturated rings. The van der Waals surface area contributed by atoms with Gasteiger partial charge in [-0.3, -0.25) is 38.4 Å². The van der Waals surface area contributed by atoms with E-state index in [2.05, 4.69) is 57.4 Å². The van der Waals surface area contributed by atoms with Gasteiger partial charge in [-0.2, -0.15) is 0 Å². The van der Waals surface area contributed by atoms with Gasteiger partial charge >= 0.3 is 23.2 Å². The van der Waals surface area contributed by atoms with Crippen LogP contribution in [0.1, 0.15) is 46.5 Å². The van der Waals surface area contributed by atoms with Crippen molar-refractivity contribution in [2.24, 2.45) is 0 Å². The summed E-state index contributed by atoms with van der Waals surface area (Å²) < 4.78 is 47.8. The normalized spacial score (nSPS) is 12.4. The lowest BCUT2D eigenvalue weighted by molar-refractivity contribution is -0.112. The number of nitrogens with one attached hydrogen (secondary N) is 2. The van der Waals surface area contributed by atoms with Crippen molar-refractivity contribution < 1.29 is 47.5 Å². The van der Waals surface area contributed by atoms with E-state index in [0.717, 1.165) is 12.6 Å². The summed E-state index contributed by atoms with van der Waals surface area (Å²) >= 11 is 5.11. The monoisotopic (exact) mass is 1730 g/mol. The summed E-state index contributed by atoms with van der Waals surface area (Å²) in [6.07, 6.45) is 14.8. The third-order valence-electron chi connectivity index (χ3n) is 19.9. The SMILES string of the molecule is CN(C/C=C/C(=O)Cl)C1CC1.COc1cc(N)cc(-n2c(=O)n(-c3ccc(Oc4ccccc4)cc3)c3c(N)ncnc32)c1.COc1cc(NC(=O)/C=C/CN(C)C2CC2)cc(-n2c(=O)n(-c3ccc(Oc4ccccc4)cc3)c3c(N)ncnc32)c1.COc1cc(NC(=O)OC(C)(C)C)cc(-n2c(=O)n(-c3ccc(Oc4ccccc4)cc3)c3c(N)ncnc32)c1. The van der Waals surface area contributed by atoms with Gasteiger partial charge in [0.1, 0.15) is 92.9 Å². The first-order valence-electron chi connectivity index (χ1n) is 40.1. The van der Waals surface area contributed by atoms with Gasteiger partial charge in [0.2, 0.25) is 11.1 Å². The summed E-state index contributed by atoms with van der Waals surface area (Å²) in [5, 5.41) is 5.17. The number of nitrogens with zero attached hydrogens (tertiary/aromatic N) is 14. The molecule has 15 aromatic rings. The second-order valence-electron chi connectivity index (χ2n) is 30.3. The molecule has 17 rings (SSSR count). The van der Waals surface area contributed by atoms with E-state index in [1.807, 2.05) is 104 Å². The Kier molecular flexibility index (Phi) is 26.9. The summed E-state index contributed by atoms with van der Waals surface area (Å²) in [5.41, 5.74) is 29.0. The molecule has 0 bridgehead atoms. The molecule has 0 atom stereocenters. The van der Waals surface area contributed by atoms with Crippen LogP contribution in [-0.2, 0) is 14.3 Å². The number of likely N-dealkylation sites (N-methyl/N-ethyl adjacent to an activating group) is 2. The van der Waals surface area contributed by atoms with Gasteiger partial charge in [0.15, 0.2) is 34.4 Å². The minimum atomic E-state index is -0.688. The maximum absolute atomic E-state index is 14.0. The number of nitrogen functional groups attached to an aromatic ring is 4. The van der Waals surface area contributed by atoms with Crippen LogP contribution >= 0.6 is 11.6 Å². The first-order chi connectivity index (χ1) is 61.3. The van der Waals surface area contributed by atoms with Gasteiger partial charge < -0.3 is 61.4 Å². The molecule has 2 aliphatic rings. The molecular weight excluding hydrogens is 1640 g/mol. The Labute approximate surface area is 732 Å². The van der Waals surface area contributed by atoms with Gasteiger partial charge in [0.05, 0.1) is 55.5 Å². The predicted octanol–water partition coefficient (Wildman–Crippen LogP) is 14.8. The Morgan fingerprint density at radius 2 is 0.732 bits per heavy atom. The number of carbonyl (C=O) groups is 3. The fourth-order valence-corrected chi connectivity index (χ4v) is 13.7. The Bertz CT molecular complexity index is 6730. The summed E-state index contributed by atoms with van der Waals surface area (Å²) in [6.45, 7) is 6.81. The van der Waals surface area contributed by atoms with Crippen molar-refractivity contribution in [3.05, 3.63) is 293 Å². The van der Waals surface area contributed by atoms with Gasteiger partial charge in [0, 0.05) is 84.7 Å². The summed E-state index contributed by atoms with van der Waals surface area (Å²) in [5.74, 6) is 5.46. The lowest BCUT2D eigenvalue weighted by Crippen LogP contribution is -2.27. The zero-order valence-corrected chi connectivity index (χ0v) is 71.2. The number of benzene rings is 9. The maximum atomic E-state index is 14.0. The van der Waals surface area contributed by atoms with Gasteiger partial charge in [-0.25, -0.2) is 62.8 Å². The maximum Gasteiger partial charge on any atom is 0.412 e. The zero-order valence-electron chi connectivity index (χ0n) is 70.5. The summed E-state index contributed by atoms with van der Waals surface area (Å²) in [4.78, 5) is 107. The number of allylic oxidation sites excluding steroid dienone is 1. The van der Waals surface area contributed by atoms with E-state index in [9.17, 15) is 28.8 Å². The first-order valence-corrected chi connectivity index (χ1v) is 40.5. The van der Waals surface area contributed by atoms with E-state index < -0.39 is 28.3 Å². The van der Waals surface area contributed by atoms with Gasteiger partial charge in [-0.1, -0.05) is 66.7 Å². The highest BCUT2D eigenvalue weighted by atomic mass is 35.5. The number of ether oxygens (including phenoxy) is 7. The second-order valence-corrected chi connectivity index (χ2v) is 30.6. The first kappa shape index (κ1) is 87.5. The Balaban J connectivity index is 0.000000146. The number of halogens is 1. The molecule has 0 saturated heterocycles. The van der Waals surface area contributed by atoms with Crippen LogP contribution < -0.4 is 79.1 Å². The number of rotatable bonds is 25. The number of anilines is 6. The highest BCUT2D eigenvalue weighted by Gasteiger charge is 2.29. The van der Waals surface area contributed by atoms with Crippen molar-refractivity contribution >= 4 is 96.9 Å². The quantitative estimate of drug-likeness (QED) is 0.0176. The van der Waals surface area contributed by atoms with Crippen LogP contribution in [0, 0.1) is 0 Å². The lowest BCUT2D eigenvalue weighted by atomic mass is 10.2. The number of fused-ring (bicyclic) bond motifs is 3. The Morgan fingerprint density at radius 3 is 1.06 bits per heavy atom. The van der Waals surface area contributed by atoms with Crippen molar-refractivity contribution in [2.45, 2.75) is 64.1 Å². The van der Waals surface area contributed by atoms with E-state index in [4.69, 9.17) is 67.7 Å². The van der Waals surface area contributed by atoms with Crippen LogP contribution in [0.3, 0.4) is 0 Å². The minimum absolute atomic E-state index is 0.125. The molecule has 2 aliphatic carbocycles. The Morgan fingerprint density at radius 1 is 0.409 bits per heavy atom. The highest BCUT2D eigenvalue weighted by molar-refractivity contribution is 6.66. The van der Waals surface area contributed by atoms with Gasteiger partial charge in [0.25, 0.3) is 0 Å². The molecule has 6 aromatic heterocycles. The predicted molar refractivity (Wildman–Crippen MR) is 489 cm³/mol. The van der Waals surface area contributed by atoms with E-state index in [1.165, 1.54) is 106 Å². The number of hydrogen-bond acceptors (Lipinski definition) is 25. The number of nitrogens with two attached hydrogens (primary N) is 4. The van der Waals surface area contributed by atoms with Crippen LogP contribution in [0.2, 0.25) is 0 Å². The average Bonchev–Trinajstić information content (AvgIpc) is 1.62. The molecule has 2 amide bonds. The summed E-state index contributed by atoms with van der Waals surface area (Å²) in [7, 11) is 8.64. The van der Waals surface area contributed by atoms with Crippen LogP contribution in [0.5, 0.6) is 51.7 Å². The third-order valence-corrected chi connectivity index (χ3v) is 20.0. The fourth-order valence-electron chi connectivity index (χ4n) is 13.7. The molecule has 0 aliphatic heterocycles. The van der Waals surface area contributed by atoms with E-state index in [-0.39, 0.29) is 34.7 Å². The molecule has 33 nitrogen and oxygen atoms in total. The van der Waals surface area contributed by atoms with Crippen LogP contribution in [-0.4, -0.2) is 151 Å². The van der Waals surface area contributed by atoms with Gasteiger partial charge in [-0.05, 0) is 206 Å². The number of imidazole rings is 3. The van der Waals surface area contributed by atoms with Crippen molar-refractivity contribution in [2.75, 3.05) is 82.1 Å². The average molecular weight is 1730 g/mol. The van der Waals surface area contributed by atoms with Crippen molar-refractivity contribution in [3.63, 3.8) is 0 Å². The lowest BCUT2D eigenvalue weighted by Gasteiger charge is -2.20. The van der Waals surface area contributed by atoms with Crippen LogP contribution in [0.25, 0.3) is 67.6 Å². The number of amides is 2. The molecule has 9 aromatic carbocycles. The molecule has 6 heterocycles. The topological polar surface area (TPSA) is 409 Å². The minimum Gasteiger partial charge on any atom is -0.497 e. The Hall–Kier alpha value is -15.9. The molecule has 0 radical (unpaired) electrons. The molecule has 10 N–H and O–H groups in total. The molecule has 0 spiro atoms. The van der Waals surface area contributed by atoms with Crippen molar-refractivity contribution in [1.29, 1.82) is 0 Å². The van der Waals surface area contributed by atoms with E-state index >= 15 is 0 Å². The van der Waals surface area contributed by atoms with E-state index in [0.29, 0.717) is 143 Å². The smallest absolute Gasteiger partial charge is 0.412 e. The standard InChI is InChI=1S/C32H31N7O4.C29H28N6O5.C24H20N6O3.C8H12ClNO/c1-37(22-10-11-22)16-6-9-28(40)36-21-17-24(19-27(18-21)42-2)39-31-29(30(33)34-20-35-31)38(32(39)41)23-12-14-26(15-13-23)43-25-7-4-3-5-8-25;1-29(2,3)40-27(36)33-18-14-20(16-23(15-18)38-4)35-26-24(25(30)31-17-32-26)34(28(35)37)19-10-12-22(13-11-19)39-21-8-6-5-7-9-21;1-32-20-12-15(25)11-17(13-20)30-23-21(22(26)27-14-28-23)29(24(30)31)16-7-9-19(10-8-16)33-18-5-3-2-4-6-18;1-10(7-4-5-7)6-2-3-8(9)11/h3-9,12-15,17-20,22H,10-11,16H2,1-2H3,(H,36,40)(H2,33,34,35);5-17H,1-4H3,(H,33,36)(H2,30,31,32);2-14H,25H2,1H3,(H2,26,27,28);2-3,7H,4-6H2,1H3/b9-6+;;;3-2+. The van der Waals surface area contributed by atoms with Crippen LogP contribution in [0.15, 0.2) is 276 Å². The number of methoxy groups -OCH3 is 3. The second kappa shape index (κ2) is 39.1. The molecule has 0 unspecified atom stereocenters. The number of hydrogen-bond donors (Lipinski definition) is 6. The molecular formula is C93H91ClN20O13. The van der Waals surface area contributed by atoms with Crippen LogP contribution in [0.4, 0.5) is 39.3 Å². The number of carbonyl (C=O) groups excluding carboxylic acids is 3.